The van der Waals surface area contributed by atoms with Crippen LogP contribution in [0.25, 0.3) is 0 Å². The molecule has 0 aliphatic carbocycles. The van der Waals surface area contributed by atoms with E-state index in [1.807, 2.05) is 11.8 Å². The van der Waals surface area contributed by atoms with Gasteiger partial charge in [0.25, 0.3) is 5.91 Å². The third-order valence-corrected chi connectivity index (χ3v) is 5.81. The molecule has 2 saturated heterocycles. The smallest absolute Gasteiger partial charge is 0.320 e. The highest BCUT2D eigenvalue weighted by atomic mass is 32.2. The monoisotopic (exact) mass is 364 g/mol. The maximum absolute atomic E-state index is 12.8. The lowest BCUT2D eigenvalue weighted by Crippen LogP contribution is -2.50. The average molecular weight is 364 g/mol. The Hall–Kier alpha value is -1.67. The molecular weight excluding hydrogens is 340 g/mol. The molecule has 3 rings (SSSR count). The Balaban J connectivity index is 1.62. The SMILES string of the molecule is CCSc1nccnc1C(=O)N1CCC(N2CCCC2C(=O)O)CC1. The summed E-state index contributed by atoms with van der Waals surface area (Å²) in [5.74, 6) is 0.0440. The molecule has 2 aliphatic rings. The van der Waals surface area contributed by atoms with Crippen molar-refractivity contribution in [2.75, 3.05) is 25.4 Å². The Morgan fingerprint density at radius 1 is 1.20 bits per heavy atom. The number of carboxylic acid groups (broad SMARTS) is 1. The van der Waals surface area contributed by atoms with Crippen LogP contribution in [0.2, 0.25) is 0 Å². The van der Waals surface area contributed by atoms with E-state index in [9.17, 15) is 14.7 Å². The van der Waals surface area contributed by atoms with E-state index in [2.05, 4.69) is 14.9 Å². The van der Waals surface area contributed by atoms with Gasteiger partial charge in [-0.25, -0.2) is 9.97 Å². The van der Waals surface area contributed by atoms with Crippen LogP contribution in [-0.2, 0) is 4.79 Å². The molecule has 2 aliphatic heterocycles. The van der Waals surface area contributed by atoms with Crippen molar-refractivity contribution in [2.24, 2.45) is 0 Å². The minimum atomic E-state index is -0.725. The molecule has 1 aromatic rings. The van der Waals surface area contributed by atoms with Crippen LogP contribution in [0.1, 0.15) is 43.1 Å². The van der Waals surface area contributed by atoms with Crippen molar-refractivity contribution in [3.05, 3.63) is 18.1 Å². The molecule has 0 saturated carbocycles. The quantitative estimate of drug-likeness (QED) is 0.796. The van der Waals surface area contributed by atoms with Gasteiger partial charge in [-0.05, 0) is 38.0 Å². The lowest BCUT2D eigenvalue weighted by Gasteiger charge is -2.38. The van der Waals surface area contributed by atoms with Crippen molar-refractivity contribution >= 4 is 23.6 Å². The van der Waals surface area contributed by atoms with E-state index in [1.165, 1.54) is 11.8 Å². The molecule has 0 bridgehead atoms. The lowest BCUT2D eigenvalue weighted by atomic mass is 10.0. The highest BCUT2D eigenvalue weighted by Crippen LogP contribution is 2.27. The number of carbonyl (C=O) groups excluding carboxylic acids is 1. The van der Waals surface area contributed by atoms with E-state index < -0.39 is 5.97 Å². The number of carboxylic acids is 1. The number of aliphatic carboxylic acids is 1. The Bertz CT molecular complexity index is 634. The predicted octanol–water partition coefficient (Wildman–Crippen LogP) is 1.74. The van der Waals surface area contributed by atoms with Crippen LogP contribution in [-0.4, -0.2) is 74.2 Å². The summed E-state index contributed by atoms with van der Waals surface area (Å²) in [7, 11) is 0. The third kappa shape index (κ3) is 3.95. The predicted molar refractivity (Wildman–Crippen MR) is 94.7 cm³/mol. The molecule has 1 amide bonds. The molecule has 0 aromatic carbocycles. The van der Waals surface area contributed by atoms with Crippen LogP contribution < -0.4 is 0 Å². The fraction of sp³-hybridized carbons (Fsp3) is 0.647. The first-order valence-electron chi connectivity index (χ1n) is 8.83. The molecule has 0 radical (unpaired) electrons. The fourth-order valence-electron chi connectivity index (χ4n) is 3.76. The summed E-state index contributed by atoms with van der Waals surface area (Å²) in [5.41, 5.74) is 0.428. The highest BCUT2D eigenvalue weighted by Gasteiger charge is 2.37. The van der Waals surface area contributed by atoms with Crippen molar-refractivity contribution in [1.82, 2.24) is 19.8 Å². The Morgan fingerprint density at radius 3 is 2.60 bits per heavy atom. The first kappa shape index (κ1) is 18.1. The number of aromatic nitrogens is 2. The molecule has 0 spiro atoms. The molecule has 25 heavy (non-hydrogen) atoms. The van der Waals surface area contributed by atoms with Gasteiger partial charge in [0.15, 0.2) is 5.69 Å². The number of carbonyl (C=O) groups is 2. The molecule has 136 valence electrons. The lowest BCUT2D eigenvalue weighted by molar-refractivity contribution is -0.143. The normalized spacial score (nSPS) is 22.3. The molecule has 7 nitrogen and oxygen atoms in total. The molecule has 3 heterocycles. The molecular formula is C17H24N4O3S. The van der Waals surface area contributed by atoms with E-state index in [0.29, 0.717) is 23.8 Å². The van der Waals surface area contributed by atoms with Crippen molar-refractivity contribution in [2.45, 2.75) is 49.7 Å². The second-order valence-corrected chi connectivity index (χ2v) is 7.65. The maximum Gasteiger partial charge on any atom is 0.320 e. The van der Waals surface area contributed by atoms with Gasteiger partial charge in [-0.2, -0.15) is 0 Å². The zero-order valence-electron chi connectivity index (χ0n) is 14.4. The van der Waals surface area contributed by atoms with Gasteiger partial charge in [0.05, 0.1) is 0 Å². The maximum atomic E-state index is 12.8. The van der Waals surface area contributed by atoms with Gasteiger partial charge in [0.1, 0.15) is 11.1 Å². The van der Waals surface area contributed by atoms with Gasteiger partial charge in [0, 0.05) is 31.5 Å². The Labute approximate surface area is 151 Å². The summed E-state index contributed by atoms with van der Waals surface area (Å²) in [5, 5.41) is 10.0. The third-order valence-electron chi connectivity index (χ3n) is 4.95. The highest BCUT2D eigenvalue weighted by molar-refractivity contribution is 7.99. The van der Waals surface area contributed by atoms with Gasteiger partial charge < -0.3 is 10.0 Å². The summed E-state index contributed by atoms with van der Waals surface area (Å²) in [6, 6.07) is -0.112. The number of nitrogens with zero attached hydrogens (tertiary/aromatic N) is 4. The molecule has 2 fully saturated rings. The van der Waals surface area contributed by atoms with E-state index in [4.69, 9.17) is 0 Å². The fourth-order valence-corrected chi connectivity index (χ4v) is 4.44. The number of rotatable bonds is 5. The average Bonchev–Trinajstić information content (AvgIpc) is 3.12. The molecule has 1 N–H and O–H groups in total. The summed E-state index contributed by atoms with van der Waals surface area (Å²) in [6.07, 6.45) is 6.46. The molecule has 1 unspecified atom stereocenters. The number of likely N-dealkylation sites (tertiary alicyclic amines) is 2. The van der Waals surface area contributed by atoms with Crippen molar-refractivity contribution in [1.29, 1.82) is 0 Å². The second kappa shape index (κ2) is 8.14. The van der Waals surface area contributed by atoms with E-state index >= 15 is 0 Å². The number of amides is 1. The summed E-state index contributed by atoms with van der Waals surface area (Å²) < 4.78 is 0. The van der Waals surface area contributed by atoms with Crippen LogP contribution >= 0.6 is 11.8 Å². The summed E-state index contributed by atoms with van der Waals surface area (Å²) in [6.45, 7) is 4.14. The molecule has 1 atom stereocenters. The van der Waals surface area contributed by atoms with Gasteiger partial charge in [0.2, 0.25) is 0 Å². The Morgan fingerprint density at radius 2 is 1.92 bits per heavy atom. The van der Waals surface area contributed by atoms with E-state index in [-0.39, 0.29) is 18.0 Å². The topological polar surface area (TPSA) is 86.6 Å². The number of hydrogen-bond acceptors (Lipinski definition) is 6. The van der Waals surface area contributed by atoms with Gasteiger partial charge in [-0.1, -0.05) is 6.92 Å². The minimum Gasteiger partial charge on any atom is -0.480 e. The van der Waals surface area contributed by atoms with E-state index in [0.717, 1.165) is 38.0 Å². The number of piperidine rings is 1. The number of thioether (sulfide) groups is 1. The van der Waals surface area contributed by atoms with Crippen molar-refractivity contribution in [3.63, 3.8) is 0 Å². The summed E-state index contributed by atoms with van der Waals surface area (Å²) >= 11 is 1.52. The van der Waals surface area contributed by atoms with Crippen LogP contribution in [0, 0.1) is 0 Å². The molecule has 8 heteroatoms. The van der Waals surface area contributed by atoms with E-state index in [1.54, 1.807) is 12.4 Å². The van der Waals surface area contributed by atoms with Crippen LogP contribution in [0.3, 0.4) is 0 Å². The summed E-state index contributed by atoms with van der Waals surface area (Å²) in [4.78, 5) is 36.6. The zero-order valence-corrected chi connectivity index (χ0v) is 15.2. The number of hydrogen-bond donors (Lipinski definition) is 1. The van der Waals surface area contributed by atoms with Crippen LogP contribution in [0.15, 0.2) is 17.4 Å². The first-order chi connectivity index (χ1) is 12.1. The molecule has 1 aromatic heterocycles. The zero-order chi connectivity index (χ0) is 17.8. The standard InChI is InChI=1S/C17H24N4O3S/c1-2-25-15-14(18-7-8-19-15)16(22)20-10-5-12(6-11-20)21-9-3-4-13(21)17(23)24/h7-8,12-13H,2-6,9-11H2,1H3,(H,23,24). The second-order valence-electron chi connectivity index (χ2n) is 6.40. The first-order valence-corrected chi connectivity index (χ1v) is 9.82. The van der Waals surface area contributed by atoms with Crippen LogP contribution in [0.5, 0.6) is 0 Å². The Kier molecular flexibility index (Phi) is 5.90. The minimum absolute atomic E-state index is 0.0706. The largest absolute Gasteiger partial charge is 0.480 e. The van der Waals surface area contributed by atoms with Gasteiger partial charge in [-0.3, -0.25) is 14.5 Å². The van der Waals surface area contributed by atoms with Crippen LogP contribution in [0.4, 0.5) is 0 Å². The van der Waals surface area contributed by atoms with Crippen molar-refractivity contribution in [3.8, 4) is 0 Å². The van der Waals surface area contributed by atoms with Crippen molar-refractivity contribution < 1.29 is 14.7 Å². The van der Waals surface area contributed by atoms with Gasteiger partial charge >= 0.3 is 5.97 Å². The van der Waals surface area contributed by atoms with Gasteiger partial charge in [-0.15, -0.1) is 11.8 Å².